The van der Waals surface area contributed by atoms with Gasteiger partial charge in [-0.15, -0.1) is 0 Å². The van der Waals surface area contributed by atoms with Crippen LogP contribution < -0.4 is 5.32 Å². The zero-order chi connectivity index (χ0) is 21.8. The van der Waals surface area contributed by atoms with E-state index in [0.29, 0.717) is 18.5 Å². The van der Waals surface area contributed by atoms with Crippen molar-refractivity contribution < 1.29 is 14.4 Å². The Bertz CT molecular complexity index is 852. The molecule has 2 fully saturated rings. The van der Waals surface area contributed by atoms with Crippen LogP contribution in [-0.4, -0.2) is 46.7 Å². The molecular formula is C25H33N3O3. The fraction of sp³-hybridized carbons (Fsp3) is 0.560. The van der Waals surface area contributed by atoms with Gasteiger partial charge in [0.05, 0.1) is 12.5 Å². The fourth-order valence-corrected chi connectivity index (χ4v) is 4.60. The SMILES string of the molecule is CC1=C(C(=O)N2CCCCCC2)CC(CC(=O)NC2CC2)C(=O)N1Cc1ccccc1. The van der Waals surface area contributed by atoms with Gasteiger partial charge in [-0.3, -0.25) is 14.4 Å². The van der Waals surface area contributed by atoms with Crippen molar-refractivity contribution in [2.75, 3.05) is 13.1 Å². The summed E-state index contributed by atoms with van der Waals surface area (Å²) in [4.78, 5) is 43.0. The first-order valence-corrected chi connectivity index (χ1v) is 11.7. The van der Waals surface area contributed by atoms with E-state index in [1.165, 1.54) is 0 Å². The number of nitrogens with one attached hydrogen (secondary N) is 1. The molecule has 1 aromatic rings. The largest absolute Gasteiger partial charge is 0.353 e. The van der Waals surface area contributed by atoms with Gasteiger partial charge in [0.25, 0.3) is 5.91 Å². The fourth-order valence-electron chi connectivity index (χ4n) is 4.60. The van der Waals surface area contributed by atoms with Crippen LogP contribution in [0.25, 0.3) is 0 Å². The molecule has 1 saturated heterocycles. The molecule has 31 heavy (non-hydrogen) atoms. The maximum atomic E-state index is 13.5. The van der Waals surface area contributed by atoms with Gasteiger partial charge in [0, 0.05) is 36.8 Å². The molecular weight excluding hydrogens is 390 g/mol. The molecule has 0 radical (unpaired) electrons. The van der Waals surface area contributed by atoms with E-state index in [1.54, 1.807) is 4.90 Å². The van der Waals surface area contributed by atoms with Crippen LogP contribution in [0.15, 0.2) is 41.6 Å². The van der Waals surface area contributed by atoms with Crippen LogP contribution >= 0.6 is 0 Å². The lowest BCUT2D eigenvalue weighted by molar-refractivity contribution is -0.139. The molecule has 1 atom stereocenters. The Morgan fingerprint density at radius 2 is 1.71 bits per heavy atom. The number of hydrogen-bond acceptors (Lipinski definition) is 3. The zero-order valence-electron chi connectivity index (χ0n) is 18.4. The number of benzene rings is 1. The quantitative estimate of drug-likeness (QED) is 0.763. The molecule has 1 saturated carbocycles. The lowest BCUT2D eigenvalue weighted by atomic mass is 9.88. The van der Waals surface area contributed by atoms with Crippen LogP contribution in [0.4, 0.5) is 0 Å². The highest BCUT2D eigenvalue weighted by Gasteiger charge is 2.38. The van der Waals surface area contributed by atoms with Gasteiger partial charge < -0.3 is 15.1 Å². The molecule has 3 aliphatic rings. The minimum atomic E-state index is -0.489. The summed E-state index contributed by atoms with van der Waals surface area (Å²) in [5.74, 6) is -0.587. The Hall–Kier alpha value is -2.63. The monoisotopic (exact) mass is 423 g/mol. The van der Waals surface area contributed by atoms with Crippen molar-refractivity contribution in [1.82, 2.24) is 15.1 Å². The van der Waals surface area contributed by atoms with Crippen LogP contribution in [0.3, 0.4) is 0 Å². The van der Waals surface area contributed by atoms with Gasteiger partial charge in [-0.25, -0.2) is 0 Å². The highest BCUT2D eigenvalue weighted by molar-refractivity contribution is 5.98. The molecule has 1 N–H and O–H groups in total. The van der Waals surface area contributed by atoms with E-state index in [9.17, 15) is 14.4 Å². The Morgan fingerprint density at radius 3 is 2.35 bits per heavy atom. The number of rotatable bonds is 6. The number of amides is 3. The molecule has 1 unspecified atom stereocenters. The third-order valence-electron chi connectivity index (χ3n) is 6.62. The standard InChI is InChI=1S/C25H33N3O3/c1-18-22(25(31)27-13-7-2-3-8-14-27)15-20(16-23(29)26-21-11-12-21)24(30)28(18)17-19-9-5-4-6-10-19/h4-6,9-10,20-21H,2-3,7-8,11-17H2,1H3,(H,26,29). The van der Waals surface area contributed by atoms with Crippen molar-refractivity contribution in [3.05, 3.63) is 47.2 Å². The molecule has 6 nitrogen and oxygen atoms in total. The number of likely N-dealkylation sites (tertiary alicyclic amines) is 1. The molecule has 6 heteroatoms. The van der Waals surface area contributed by atoms with E-state index in [1.807, 2.05) is 42.2 Å². The van der Waals surface area contributed by atoms with Gasteiger partial charge in [-0.05, 0) is 44.6 Å². The van der Waals surface area contributed by atoms with Gasteiger partial charge in [0.1, 0.15) is 0 Å². The lowest BCUT2D eigenvalue weighted by Gasteiger charge is -2.36. The van der Waals surface area contributed by atoms with Crippen LogP contribution in [0, 0.1) is 5.92 Å². The van der Waals surface area contributed by atoms with E-state index in [2.05, 4.69) is 5.32 Å². The molecule has 0 aromatic heterocycles. The summed E-state index contributed by atoms with van der Waals surface area (Å²) in [6, 6.07) is 10.1. The first kappa shape index (κ1) is 21.6. The molecule has 0 bridgehead atoms. The first-order chi connectivity index (χ1) is 15.0. The van der Waals surface area contributed by atoms with Crippen LogP contribution in [0.5, 0.6) is 0 Å². The second-order valence-corrected chi connectivity index (χ2v) is 9.13. The van der Waals surface area contributed by atoms with Gasteiger partial charge in [0.2, 0.25) is 11.8 Å². The summed E-state index contributed by atoms with van der Waals surface area (Å²) >= 11 is 0. The normalized spacial score (nSPS) is 22.4. The number of nitrogens with zero attached hydrogens (tertiary/aromatic N) is 2. The summed E-state index contributed by atoms with van der Waals surface area (Å²) in [6.45, 7) is 3.85. The van der Waals surface area contributed by atoms with Crippen LogP contribution in [-0.2, 0) is 20.9 Å². The Morgan fingerprint density at radius 1 is 1.03 bits per heavy atom. The average Bonchev–Trinajstić information content (AvgIpc) is 3.60. The molecule has 2 aliphatic heterocycles. The second-order valence-electron chi connectivity index (χ2n) is 9.13. The predicted octanol–water partition coefficient (Wildman–Crippen LogP) is 3.38. The third-order valence-corrected chi connectivity index (χ3v) is 6.62. The van der Waals surface area contributed by atoms with Gasteiger partial charge >= 0.3 is 0 Å². The molecule has 1 aliphatic carbocycles. The van der Waals surface area contributed by atoms with Crippen molar-refractivity contribution in [2.24, 2.45) is 5.92 Å². The topological polar surface area (TPSA) is 69.7 Å². The summed E-state index contributed by atoms with van der Waals surface area (Å²) < 4.78 is 0. The molecule has 1 aromatic carbocycles. The Balaban J connectivity index is 1.58. The molecule has 4 rings (SSSR count). The van der Waals surface area contributed by atoms with Crippen molar-refractivity contribution >= 4 is 17.7 Å². The van der Waals surface area contributed by atoms with E-state index >= 15 is 0 Å². The Labute approximate surface area is 184 Å². The van der Waals surface area contributed by atoms with Gasteiger partial charge in [0.15, 0.2) is 0 Å². The maximum absolute atomic E-state index is 13.5. The Kier molecular flexibility index (Phi) is 6.73. The first-order valence-electron chi connectivity index (χ1n) is 11.7. The highest BCUT2D eigenvalue weighted by Crippen LogP contribution is 2.33. The van der Waals surface area contributed by atoms with Gasteiger partial charge in [-0.1, -0.05) is 43.2 Å². The average molecular weight is 424 g/mol. The smallest absolute Gasteiger partial charge is 0.251 e. The van der Waals surface area contributed by atoms with Crippen LogP contribution in [0.2, 0.25) is 0 Å². The predicted molar refractivity (Wildman–Crippen MR) is 119 cm³/mol. The molecule has 3 amide bonds. The summed E-state index contributed by atoms with van der Waals surface area (Å²) in [6.07, 6.45) is 6.89. The molecule has 2 heterocycles. The minimum absolute atomic E-state index is 0.0394. The van der Waals surface area contributed by atoms with E-state index < -0.39 is 5.92 Å². The molecule has 166 valence electrons. The molecule has 0 spiro atoms. The van der Waals surface area contributed by atoms with E-state index in [-0.39, 0.29) is 30.2 Å². The van der Waals surface area contributed by atoms with Crippen molar-refractivity contribution in [3.63, 3.8) is 0 Å². The van der Waals surface area contributed by atoms with Gasteiger partial charge in [-0.2, -0.15) is 0 Å². The lowest BCUT2D eigenvalue weighted by Crippen LogP contribution is -2.44. The summed E-state index contributed by atoms with van der Waals surface area (Å²) in [7, 11) is 0. The van der Waals surface area contributed by atoms with Crippen molar-refractivity contribution in [1.29, 1.82) is 0 Å². The van der Waals surface area contributed by atoms with E-state index in [0.717, 1.165) is 62.9 Å². The summed E-state index contributed by atoms with van der Waals surface area (Å²) in [5, 5.41) is 2.99. The highest BCUT2D eigenvalue weighted by atomic mass is 16.2. The number of carbonyl (C=O) groups excluding carboxylic acids is 3. The second kappa shape index (κ2) is 9.67. The third kappa shape index (κ3) is 5.35. The van der Waals surface area contributed by atoms with E-state index in [4.69, 9.17) is 0 Å². The van der Waals surface area contributed by atoms with Crippen molar-refractivity contribution in [3.8, 4) is 0 Å². The number of hydrogen-bond donors (Lipinski definition) is 1. The summed E-state index contributed by atoms with van der Waals surface area (Å²) in [5.41, 5.74) is 2.45. The maximum Gasteiger partial charge on any atom is 0.251 e. The van der Waals surface area contributed by atoms with Crippen LogP contribution in [0.1, 0.15) is 63.9 Å². The number of allylic oxidation sites excluding steroid dienone is 1. The minimum Gasteiger partial charge on any atom is -0.353 e. The zero-order valence-corrected chi connectivity index (χ0v) is 18.4. The van der Waals surface area contributed by atoms with Crippen molar-refractivity contribution in [2.45, 2.75) is 70.9 Å². The number of carbonyl (C=O) groups is 3.